The van der Waals surface area contributed by atoms with E-state index in [4.69, 9.17) is 4.74 Å². The highest BCUT2D eigenvalue weighted by molar-refractivity contribution is 5.33. The highest BCUT2D eigenvalue weighted by atomic mass is 19.2. The first-order valence-corrected chi connectivity index (χ1v) is 5.46. The number of hydrogen-bond acceptors (Lipinski definition) is 2. The molecular weight excluding hydrogens is 212 g/mol. The summed E-state index contributed by atoms with van der Waals surface area (Å²) in [6, 6.07) is 3.11. The van der Waals surface area contributed by atoms with Crippen LogP contribution in [0.5, 0.6) is 5.75 Å². The van der Waals surface area contributed by atoms with Gasteiger partial charge in [0.25, 0.3) is 0 Å². The number of halogens is 2. The van der Waals surface area contributed by atoms with Crippen LogP contribution in [0.25, 0.3) is 0 Å². The molecule has 1 N–H and O–H groups in total. The zero-order chi connectivity index (χ0) is 11.5. The van der Waals surface area contributed by atoms with Crippen LogP contribution in [0.3, 0.4) is 0 Å². The summed E-state index contributed by atoms with van der Waals surface area (Å²) in [5.74, 6) is -1.63. The second kappa shape index (κ2) is 4.78. The SMILES string of the molecule is COc1ccc([C@H]2CCCNC2)c(F)c1F. The molecule has 0 aliphatic carbocycles. The first-order valence-electron chi connectivity index (χ1n) is 5.46. The number of ether oxygens (including phenoxy) is 1. The van der Waals surface area contributed by atoms with Crippen molar-refractivity contribution < 1.29 is 13.5 Å². The third kappa shape index (κ3) is 2.02. The lowest BCUT2D eigenvalue weighted by Gasteiger charge is -2.23. The topological polar surface area (TPSA) is 21.3 Å². The van der Waals surface area contributed by atoms with E-state index in [2.05, 4.69) is 5.32 Å². The Morgan fingerprint density at radius 2 is 2.12 bits per heavy atom. The van der Waals surface area contributed by atoms with Gasteiger partial charge in [0.05, 0.1) is 7.11 Å². The summed E-state index contributed by atoms with van der Waals surface area (Å²) >= 11 is 0. The van der Waals surface area contributed by atoms with Crippen LogP contribution in [-0.2, 0) is 0 Å². The van der Waals surface area contributed by atoms with Gasteiger partial charge >= 0.3 is 0 Å². The normalized spacial score (nSPS) is 20.8. The van der Waals surface area contributed by atoms with E-state index < -0.39 is 11.6 Å². The molecule has 16 heavy (non-hydrogen) atoms. The Hall–Kier alpha value is -1.16. The molecule has 2 rings (SSSR count). The molecular formula is C12H15F2NO. The third-order valence-corrected chi connectivity index (χ3v) is 3.03. The molecule has 1 aliphatic heterocycles. The lowest BCUT2D eigenvalue weighted by Crippen LogP contribution is -2.29. The Labute approximate surface area is 93.6 Å². The number of nitrogens with one attached hydrogen (secondary N) is 1. The Bertz CT molecular complexity index is 376. The van der Waals surface area contributed by atoms with Crippen LogP contribution in [0.15, 0.2) is 12.1 Å². The Morgan fingerprint density at radius 1 is 1.31 bits per heavy atom. The van der Waals surface area contributed by atoms with Crippen molar-refractivity contribution in [1.82, 2.24) is 5.32 Å². The number of benzene rings is 1. The van der Waals surface area contributed by atoms with Crippen LogP contribution >= 0.6 is 0 Å². The molecule has 1 atom stereocenters. The monoisotopic (exact) mass is 227 g/mol. The van der Waals surface area contributed by atoms with E-state index in [0.29, 0.717) is 12.1 Å². The highest BCUT2D eigenvalue weighted by Crippen LogP contribution is 2.30. The minimum Gasteiger partial charge on any atom is -0.494 e. The molecule has 1 aliphatic rings. The zero-order valence-electron chi connectivity index (χ0n) is 9.22. The van der Waals surface area contributed by atoms with Gasteiger partial charge in [-0.1, -0.05) is 6.07 Å². The van der Waals surface area contributed by atoms with Crippen molar-refractivity contribution in [2.75, 3.05) is 20.2 Å². The molecule has 0 bridgehead atoms. The average molecular weight is 227 g/mol. The van der Waals surface area contributed by atoms with Gasteiger partial charge in [0.2, 0.25) is 5.82 Å². The summed E-state index contributed by atoms with van der Waals surface area (Å²) < 4.78 is 32.0. The smallest absolute Gasteiger partial charge is 0.200 e. The van der Waals surface area contributed by atoms with Gasteiger partial charge in [0, 0.05) is 6.54 Å². The van der Waals surface area contributed by atoms with Gasteiger partial charge in [0.1, 0.15) is 0 Å². The Balaban J connectivity index is 2.30. The predicted octanol–water partition coefficient (Wildman–Crippen LogP) is 2.44. The van der Waals surface area contributed by atoms with Gasteiger partial charge < -0.3 is 10.1 Å². The summed E-state index contributed by atoms with van der Waals surface area (Å²) in [5.41, 5.74) is 0.450. The molecule has 0 spiro atoms. The first-order chi connectivity index (χ1) is 7.74. The predicted molar refractivity (Wildman–Crippen MR) is 57.8 cm³/mol. The van der Waals surface area contributed by atoms with Crippen LogP contribution in [0.2, 0.25) is 0 Å². The number of rotatable bonds is 2. The molecule has 88 valence electrons. The van der Waals surface area contributed by atoms with Gasteiger partial charge in [-0.05, 0) is 36.9 Å². The van der Waals surface area contributed by atoms with E-state index in [-0.39, 0.29) is 11.7 Å². The average Bonchev–Trinajstić information content (AvgIpc) is 2.34. The number of methoxy groups -OCH3 is 1. The van der Waals surface area contributed by atoms with Crippen molar-refractivity contribution in [3.63, 3.8) is 0 Å². The minimum absolute atomic E-state index is 0.0370. The van der Waals surface area contributed by atoms with Gasteiger partial charge in [-0.15, -0.1) is 0 Å². The zero-order valence-corrected chi connectivity index (χ0v) is 9.22. The summed E-state index contributed by atoms with van der Waals surface area (Å²) in [7, 11) is 1.33. The van der Waals surface area contributed by atoms with E-state index >= 15 is 0 Å². The van der Waals surface area contributed by atoms with E-state index in [1.807, 2.05) is 0 Å². The van der Waals surface area contributed by atoms with Crippen LogP contribution < -0.4 is 10.1 Å². The van der Waals surface area contributed by atoms with Gasteiger partial charge in [-0.2, -0.15) is 4.39 Å². The van der Waals surface area contributed by atoms with Crippen molar-refractivity contribution in [2.45, 2.75) is 18.8 Å². The van der Waals surface area contributed by atoms with Gasteiger partial charge in [-0.3, -0.25) is 0 Å². The number of piperidine rings is 1. The largest absolute Gasteiger partial charge is 0.494 e. The molecule has 1 saturated heterocycles. The van der Waals surface area contributed by atoms with Crippen LogP contribution in [0, 0.1) is 11.6 Å². The van der Waals surface area contributed by atoms with Crippen molar-refractivity contribution in [2.24, 2.45) is 0 Å². The standard InChI is InChI=1S/C12H15F2NO/c1-16-10-5-4-9(11(13)12(10)14)8-3-2-6-15-7-8/h4-5,8,15H,2-3,6-7H2,1H3/t8-/m0/s1. The van der Waals surface area contributed by atoms with Crippen LogP contribution in [0.4, 0.5) is 8.78 Å². The van der Waals surface area contributed by atoms with Crippen LogP contribution in [-0.4, -0.2) is 20.2 Å². The highest BCUT2D eigenvalue weighted by Gasteiger charge is 2.22. The maximum absolute atomic E-state index is 13.8. The number of hydrogen-bond donors (Lipinski definition) is 1. The van der Waals surface area contributed by atoms with Crippen molar-refractivity contribution in [3.8, 4) is 5.75 Å². The van der Waals surface area contributed by atoms with Gasteiger partial charge in [0.15, 0.2) is 11.6 Å². The molecule has 1 aromatic carbocycles. The lowest BCUT2D eigenvalue weighted by molar-refractivity contribution is 0.365. The molecule has 4 heteroatoms. The fourth-order valence-corrected chi connectivity index (χ4v) is 2.14. The van der Waals surface area contributed by atoms with Crippen molar-refractivity contribution in [1.29, 1.82) is 0 Å². The summed E-state index contributed by atoms with van der Waals surface area (Å²) in [6.07, 6.45) is 1.90. The Morgan fingerprint density at radius 3 is 2.75 bits per heavy atom. The first kappa shape index (κ1) is 11.3. The second-order valence-corrected chi connectivity index (χ2v) is 4.03. The molecule has 0 amide bonds. The minimum atomic E-state index is -0.884. The molecule has 1 heterocycles. The molecule has 0 unspecified atom stereocenters. The van der Waals surface area contributed by atoms with Crippen LogP contribution in [0.1, 0.15) is 24.3 Å². The van der Waals surface area contributed by atoms with Gasteiger partial charge in [-0.25, -0.2) is 4.39 Å². The summed E-state index contributed by atoms with van der Waals surface area (Å²) in [6.45, 7) is 1.67. The fraction of sp³-hybridized carbons (Fsp3) is 0.500. The van der Waals surface area contributed by atoms with Crippen molar-refractivity contribution in [3.05, 3.63) is 29.3 Å². The maximum Gasteiger partial charge on any atom is 0.200 e. The quantitative estimate of drug-likeness (QED) is 0.837. The lowest BCUT2D eigenvalue weighted by atomic mass is 9.91. The molecule has 1 aromatic rings. The molecule has 0 saturated carbocycles. The van der Waals surface area contributed by atoms with E-state index in [1.54, 1.807) is 6.07 Å². The fourth-order valence-electron chi connectivity index (χ4n) is 2.14. The third-order valence-electron chi connectivity index (χ3n) is 3.03. The molecule has 0 aromatic heterocycles. The summed E-state index contributed by atoms with van der Waals surface area (Å²) in [5, 5.41) is 3.19. The second-order valence-electron chi connectivity index (χ2n) is 4.03. The summed E-state index contributed by atoms with van der Waals surface area (Å²) in [4.78, 5) is 0. The Kier molecular flexibility index (Phi) is 3.39. The van der Waals surface area contributed by atoms with E-state index in [0.717, 1.165) is 19.4 Å². The molecule has 2 nitrogen and oxygen atoms in total. The molecule has 0 radical (unpaired) electrons. The molecule has 1 fully saturated rings. The maximum atomic E-state index is 13.8. The van der Waals surface area contributed by atoms with E-state index in [1.165, 1.54) is 13.2 Å². The van der Waals surface area contributed by atoms with E-state index in [9.17, 15) is 8.78 Å². The van der Waals surface area contributed by atoms with Crippen molar-refractivity contribution >= 4 is 0 Å².